The van der Waals surface area contributed by atoms with E-state index in [-0.39, 0.29) is 6.61 Å². The van der Waals surface area contributed by atoms with Gasteiger partial charge >= 0.3 is 0 Å². The van der Waals surface area contributed by atoms with Gasteiger partial charge in [-0.3, -0.25) is 4.90 Å². The summed E-state index contributed by atoms with van der Waals surface area (Å²) in [6.45, 7) is 6.16. The van der Waals surface area contributed by atoms with Crippen molar-refractivity contribution in [2.24, 2.45) is 0 Å². The lowest BCUT2D eigenvalue weighted by molar-refractivity contribution is 0.167. The molecule has 2 aromatic heterocycles. The number of hydrogen-bond donors (Lipinski definition) is 1. The lowest BCUT2D eigenvalue weighted by Gasteiger charge is -2.31. The third kappa shape index (κ3) is 3.89. The maximum Gasteiger partial charge on any atom is 0.124 e. The van der Waals surface area contributed by atoms with Crippen LogP contribution >= 0.6 is 0 Å². The minimum absolute atomic E-state index is 0.0488. The summed E-state index contributed by atoms with van der Waals surface area (Å²) in [6.07, 6.45) is 6.32. The molecule has 3 heterocycles. The summed E-state index contributed by atoms with van der Waals surface area (Å²) in [5.41, 5.74) is 2.98. The molecule has 0 aliphatic carbocycles. The zero-order valence-electron chi connectivity index (χ0n) is 16.0. The maximum absolute atomic E-state index is 9.17. The number of para-hydroxylation sites is 2. The van der Waals surface area contributed by atoms with Gasteiger partial charge in [0.15, 0.2) is 0 Å². The largest absolute Gasteiger partial charge is 0.390 e. The van der Waals surface area contributed by atoms with Crippen molar-refractivity contribution in [2.45, 2.75) is 58.3 Å². The molecule has 3 aromatic rings. The normalized spacial score (nSPS) is 16.4. The second-order valence-corrected chi connectivity index (χ2v) is 7.38. The quantitative estimate of drug-likeness (QED) is 0.694. The van der Waals surface area contributed by atoms with Crippen LogP contribution in [0, 0.1) is 0 Å². The van der Waals surface area contributed by atoms with E-state index in [4.69, 9.17) is 10.1 Å². The number of likely N-dealkylation sites (tertiary alicyclic amines) is 1. The van der Waals surface area contributed by atoms with Crippen molar-refractivity contribution in [3.05, 3.63) is 42.0 Å². The highest BCUT2D eigenvalue weighted by molar-refractivity contribution is 5.75. The number of piperidine rings is 1. The number of unbranched alkanes of at least 4 members (excludes halogenated alkanes) is 1. The number of aryl methyl sites for hydroxylation is 1. The molecule has 1 fully saturated rings. The van der Waals surface area contributed by atoms with Crippen LogP contribution in [0.2, 0.25) is 0 Å². The van der Waals surface area contributed by atoms with E-state index in [1.54, 1.807) is 0 Å². The molecule has 0 saturated carbocycles. The molecule has 0 atom stereocenters. The van der Waals surface area contributed by atoms with Gasteiger partial charge < -0.3 is 9.67 Å². The van der Waals surface area contributed by atoms with Gasteiger partial charge in [0.1, 0.15) is 11.5 Å². The Hall–Kier alpha value is -2.25. The number of fused-ring (bicyclic) bond motifs is 1. The number of rotatable bonds is 7. The highest BCUT2D eigenvalue weighted by Crippen LogP contribution is 2.24. The van der Waals surface area contributed by atoms with Crippen molar-refractivity contribution in [3.8, 4) is 0 Å². The van der Waals surface area contributed by atoms with Crippen LogP contribution in [0.4, 0.5) is 0 Å². The number of aliphatic hydroxyl groups is 1. The highest BCUT2D eigenvalue weighted by atomic mass is 16.3. The molecule has 0 amide bonds. The Kier molecular flexibility index (Phi) is 5.50. The molecule has 0 unspecified atom stereocenters. The molecule has 0 spiro atoms. The second-order valence-electron chi connectivity index (χ2n) is 7.38. The second kappa shape index (κ2) is 8.19. The number of aliphatic hydroxyl groups excluding tert-OH is 1. The Labute approximate surface area is 159 Å². The van der Waals surface area contributed by atoms with E-state index in [0.717, 1.165) is 44.5 Å². The van der Waals surface area contributed by atoms with Gasteiger partial charge in [0, 0.05) is 19.6 Å². The summed E-state index contributed by atoms with van der Waals surface area (Å²) in [7, 11) is 0. The third-order valence-electron chi connectivity index (χ3n) is 5.48. The van der Waals surface area contributed by atoms with E-state index >= 15 is 0 Å². The summed E-state index contributed by atoms with van der Waals surface area (Å²) in [4.78, 5) is 7.41. The topological polar surface area (TPSA) is 72.0 Å². The molecule has 1 aliphatic rings. The minimum atomic E-state index is -0.0488. The average Bonchev–Trinajstić information content (AvgIpc) is 3.31. The van der Waals surface area contributed by atoms with Crippen molar-refractivity contribution < 1.29 is 5.11 Å². The lowest BCUT2D eigenvalue weighted by atomic mass is 10.1. The molecule has 0 bridgehead atoms. The molecular weight excluding hydrogens is 340 g/mol. The van der Waals surface area contributed by atoms with E-state index in [1.807, 2.05) is 10.9 Å². The van der Waals surface area contributed by atoms with Crippen molar-refractivity contribution in [1.82, 2.24) is 29.4 Å². The monoisotopic (exact) mass is 368 g/mol. The highest BCUT2D eigenvalue weighted by Gasteiger charge is 2.23. The first-order valence-electron chi connectivity index (χ1n) is 9.96. The standard InChI is InChI=1S/C20H28N6O/c1-2-3-10-25-19-7-5-4-6-18(19)21-20(25)14-24-11-8-17(9-12-24)26-13-16(15-27)22-23-26/h4-7,13,17,27H,2-3,8-12,14-15H2,1H3. The van der Waals surface area contributed by atoms with Crippen molar-refractivity contribution in [2.75, 3.05) is 13.1 Å². The number of aromatic nitrogens is 5. The smallest absolute Gasteiger partial charge is 0.124 e. The first kappa shape index (κ1) is 18.1. The molecule has 1 aromatic carbocycles. The lowest BCUT2D eigenvalue weighted by Crippen LogP contribution is -2.35. The van der Waals surface area contributed by atoms with Crippen LogP contribution in [0.5, 0.6) is 0 Å². The molecule has 1 aliphatic heterocycles. The number of hydrogen-bond acceptors (Lipinski definition) is 5. The van der Waals surface area contributed by atoms with Crippen molar-refractivity contribution in [3.63, 3.8) is 0 Å². The fraction of sp³-hybridized carbons (Fsp3) is 0.550. The summed E-state index contributed by atoms with van der Waals surface area (Å²) in [5.74, 6) is 1.17. The Balaban J connectivity index is 1.44. The Morgan fingerprint density at radius 1 is 1.19 bits per heavy atom. The van der Waals surface area contributed by atoms with Crippen LogP contribution in [0.3, 0.4) is 0 Å². The molecular formula is C20H28N6O. The van der Waals surface area contributed by atoms with Crippen LogP contribution in [0.15, 0.2) is 30.5 Å². The van der Waals surface area contributed by atoms with Gasteiger partial charge in [-0.15, -0.1) is 5.10 Å². The zero-order valence-corrected chi connectivity index (χ0v) is 16.0. The van der Waals surface area contributed by atoms with E-state index < -0.39 is 0 Å². The van der Waals surface area contributed by atoms with Crippen LogP contribution in [0.1, 0.15) is 50.2 Å². The predicted molar refractivity (Wildman–Crippen MR) is 104 cm³/mol. The van der Waals surface area contributed by atoms with E-state index in [9.17, 15) is 0 Å². The minimum Gasteiger partial charge on any atom is -0.390 e. The summed E-state index contributed by atoms with van der Waals surface area (Å²) >= 11 is 0. The van der Waals surface area contributed by atoms with Gasteiger partial charge in [0.05, 0.1) is 36.4 Å². The first-order valence-corrected chi connectivity index (χ1v) is 9.96. The van der Waals surface area contributed by atoms with Gasteiger partial charge in [-0.1, -0.05) is 30.7 Å². The third-order valence-corrected chi connectivity index (χ3v) is 5.48. The Bertz CT molecular complexity index is 878. The SMILES string of the molecule is CCCCn1c(CN2CCC(n3cc(CO)nn3)CC2)nc2ccccc21. The van der Waals surface area contributed by atoms with Gasteiger partial charge in [0.25, 0.3) is 0 Å². The number of benzene rings is 1. The average molecular weight is 368 g/mol. The number of imidazole rings is 1. The fourth-order valence-corrected chi connectivity index (χ4v) is 3.92. The van der Waals surface area contributed by atoms with Crippen LogP contribution in [0.25, 0.3) is 11.0 Å². The molecule has 7 heteroatoms. The fourth-order valence-electron chi connectivity index (χ4n) is 3.92. The van der Waals surface area contributed by atoms with Gasteiger partial charge in [-0.05, 0) is 31.4 Å². The summed E-state index contributed by atoms with van der Waals surface area (Å²) < 4.78 is 4.31. The van der Waals surface area contributed by atoms with Crippen LogP contribution < -0.4 is 0 Å². The van der Waals surface area contributed by atoms with Gasteiger partial charge in [-0.25, -0.2) is 9.67 Å². The maximum atomic E-state index is 9.17. The summed E-state index contributed by atoms with van der Waals surface area (Å²) in [5, 5.41) is 17.3. The predicted octanol–water partition coefficient (Wildman–Crippen LogP) is 2.76. The first-order chi connectivity index (χ1) is 13.3. The molecule has 4 rings (SSSR count). The van der Waals surface area contributed by atoms with E-state index in [1.165, 1.54) is 24.2 Å². The molecule has 1 saturated heterocycles. The van der Waals surface area contributed by atoms with Crippen molar-refractivity contribution >= 4 is 11.0 Å². The van der Waals surface area contributed by atoms with Crippen molar-refractivity contribution in [1.29, 1.82) is 0 Å². The molecule has 27 heavy (non-hydrogen) atoms. The Morgan fingerprint density at radius 3 is 2.74 bits per heavy atom. The van der Waals surface area contributed by atoms with E-state index in [0.29, 0.717) is 11.7 Å². The molecule has 1 N–H and O–H groups in total. The van der Waals surface area contributed by atoms with Gasteiger partial charge in [-0.2, -0.15) is 0 Å². The van der Waals surface area contributed by atoms with E-state index in [2.05, 4.69) is 51.0 Å². The molecule has 144 valence electrons. The van der Waals surface area contributed by atoms with Crippen LogP contribution in [-0.2, 0) is 19.7 Å². The molecule has 0 radical (unpaired) electrons. The van der Waals surface area contributed by atoms with Crippen LogP contribution in [-0.4, -0.2) is 47.6 Å². The Morgan fingerprint density at radius 2 is 2.00 bits per heavy atom. The number of nitrogens with zero attached hydrogens (tertiary/aromatic N) is 6. The molecule has 7 nitrogen and oxygen atoms in total. The zero-order chi connectivity index (χ0) is 18.6. The van der Waals surface area contributed by atoms with Gasteiger partial charge in [0.2, 0.25) is 0 Å². The summed E-state index contributed by atoms with van der Waals surface area (Å²) in [6, 6.07) is 8.82.